The molecule has 1 aromatic heterocycles. The summed E-state index contributed by atoms with van der Waals surface area (Å²) in [5, 5.41) is 10.3. The highest BCUT2D eigenvalue weighted by Gasteiger charge is 2.24. The van der Waals surface area contributed by atoms with Crippen molar-refractivity contribution in [2.75, 3.05) is 19.6 Å². The molecule has 2 heterocycles. The number of pyridine rings is 1. The zero-order valence-electron chi connectivity index (χ0n) is 12.9. The first kappa shape index (κ1) is 15.9. The molecule has 0 aromatic carbocycles. The predicted molar refractivity (Wildman–Crippen MR) is 81.6 cm³/mol. The number of likely N-dealkylation sites (tertiary alicyclic amines) is 1. The Kier molecular flexibility index (Phi) is 5.70. The molecule has 0 spiro atoms. The fraction of sp³-hybridized carbons (Fsp3) is 0.625. The van der Waals surface area contributed by atoms with Gasteiger partial charge in [-0.15, -0.1) is 0 Å². The van der Waals surface area contributed by atoms with Gasteiger partial charge in [0.15, 0.2) is 0 Å². The van der Waals surface area contributed by atoms with Gasteiger partial charge in [0, 0.05) is 51.0 Å². The Morgan fingerprint density at radius 1 is 1.48 bits per heavy atom. The third-order valence-electron chi connectivity index (χ3n) is 3.89. The number of carbonyl (C=O) groups is 1. The molecule has 5 nitrogen and oxygen atoms in total. The minimum absolute atomic E-state index is 0.164. The summed E-state index contributed by atoms with van der Waals surface area (Å²) in [5.74, 6) is 0.164. The summed E-state index contributed by atoms with van der Waals surface area (Å²) in [6.07, 6.45) is 4.64. The van der Waals surface area contributed by atoms with Crippen LogP contribution in [0.25, 0.3) is 0 Å². The lowest BCUT2D eigenvalue weighted by Crippen LogP contribution is -2.42. The third-order valence-corrected chi connectivity index (χ3v) is 3.89. The van der Waals surface area contributed by atoms with E-state index in [0.29, 0.717) is 25.6 Å². The standard InChI is InChI=1S/C16H25N3O2/c1-13(2)19(10-14-5-3-7-17-9-14)12-15(20)11-18-8-4-6-16(18)21/h3,5,7,9,13,15,20H,4,6,8,10-12H2,1-2H3. The third kappa shape index (κ3) is 4.79. The number of hydrogen-bond donors (Lipinski definition) is 1. The summed E-state index contributed by atoms with van der Waals surface area (Å²) in [5.41, 5.74) is 1.13. The molecular formula is C16H25N3O2. The molecule has 0 saturated carbocycles. The number of aliphatic hydroxyl groups excluding tert-OH is 1. The van der Waals surface area contributed by atoms with Crippen molar-refractivity contribution in [3.05, 3.63) is 30.1 Å². The molecule has 1 N–H and O–H groups in total. The Labute approximate surface area is 126 Å². The molecule has 5 heteroatoms. The highest BCUT2D eigenvalue weighted by molar-refractivity contribution is 5.78. The minimum Gasteiger partial charge on any atom is -0.390 e. The number of nitrogens with zero attached hydrogens (tertiary/aromatic N) is 3. The van der Waals surface area contributed by atoms with Gasteiger partial charge in [-0.25, -0.2) is 0 Å². The molecule has 1 aliphatic heterocycles. The van der Waals surface area contributed by atoms with Crippen molar-refractivity contribution >= 4 is 5.91 Å². The number of aromatic nitrogens is 1. The fourth-order valence-corrected chi connectivity index (χ4v) is 2.66. The van der Waals surface area contributed by atoms with E-state index in [9.17, 15) is 9.90 Å². The van der Waals surface area contributed by atoms with Crippen LogP contribution in [0.2, 0.25) is 0 Å². The van der Waals surface area contributed by atoms with E-state index in [1.54, 1.807) is 11.1 Å². The first-order valence-electron chi connectivity index (χ1n) is 7.65. The van der Waals surface area contributed by atoms with Gasteiger partial charge in [-0.3, -0.25) is 14.7 Å². The summed E-state index contributed by atoms with van der Waals surface area (Å²) in [4.78, 5) is 19.7. The van der Waals surface area contributed by atoms with Crippen molar-refractivity contribution in [2.24, 2.45) is 0 Å². The molecule has 0 bridgehead atoms. The highest BCUT2D eigenvalue weighted by Crippen LogP contribution is 2.12. The maximum atomic E-state index is 11.6. The van der Waals surface area contributed by atoms with E-state index in [1.165, 1.54) is 0 Å². The predicted octanol–water partition coefficient (Wildman–Crippen LogP) is 1.28. The van der Waals surface area contributed by atoms with Gasteiger partial charge < -0.3 is 10.0 Å². The zero-order valence-corrected chi connectivity index (χ0v) is 12.9. The van der Waals surface area contributed by atoms with Crippen molar-refractivity contribution in [3.8, 4) is 0 Å². The van der Waals surface area contributed by atoms with Crippen molar-refractivity contribution in [1.82, 2.24) is 14.8 Å². The summed E-state index contributed by atoms with van der Waals surface area (Å²) < 4.78 is 0. The maximum absolute atomic E-state index is 11.6. The summed E-state index contributed by atoms with van der Waals surface area (Å²) in [6.45, 7) is 6.77. The molecule has 1 saturated heterocycles. The molecule has 1 atom stereocenters. The second-order valence-electron chi connectivity index (χ2n) is 5.98. The molecule has 21 heavy (non-hydrogen) atoms. The second-order valence-corrected chi connectivity index (χ2v) is 5.98. The van der Waals surface area contributed by atoms with Gasteiger partial charge in [-0.2, -0.15) is 0 Å². The minimum atomic E-state index is -0.508. The Hall–Kier alpha value is -1.46. The zero-order chi connectivity index (χ0) is 15.2. The molecule has 1 fully saturated rings. The molecule has 1 unspecified atom stereocenters. The molecule has 0 aliphatic carbocycles. The molecule has 1 amide bonds. The van der Waals surface area contributed by atoms with Crippen LogP contribution in [-0.4, -0.2) is 57.6 Å². The Bertz CT molecular complexity index is 450. The topological polar surface area (TPSA) is 56.7 Å². The van der Waals surface area contributed by atoms with Crippen LogP contribution in [0, 0.1) is 0 Å². The smallest absolute Gasteiger partial charge is 0.222 e. The Morgan fingerprint density at radius 3 is 2.86 bits per heavy atom. The van der Waals surface area contributed by atoms with Gasteiger partial charge in [-0.1, -0.05) is 6.07 Å². The quantitative estimate of drug-likeness (QED) is 0.822. The monoisotopic (exact) mass is 291 g/mol. The van der Waals surface area contributed by atoms with E-state index in [1.807, 2.05) is 18.3 Å². The van der Waals surface area contributed by atoms with Gasteiger partial charge in [0.05, 0.1) is 6.10 Å². The van der Waals surface area contributed by atoms with Crippen LogP contribution in [-0.2, 0) is 11.3 Å². The van der Waals surface area contributed by atoms with E-state index in [0.717, 1.165) is 25.1 Å². The Morgan fingerprint density at radius 2 is 2.29 bits per heavy atom. The number of rotatable bonds is 7. The SMILES string of the molecule is CC(C)N(Cc1cccnc1)CC(O)CN1CCCC1=O. The van der Waals surface area contributed by atoms with Crippen molar-refractivity contribution in [1.29, 1.82) is 0 Å². The van der Waals surface area contributed by atoms with Crippen LogP contribution in [0.1, 0.15) is 32.3 Å². The van der Waals surface area contributed by atoms with Crippen LogP contribution in [0.5, 0.6) is 0 Å². The average Bonchev–Trinajstić information content (AvgIpc) is 2.84. The molecular weight excluding hydrogens is 266 g/mol. The van der Waals surface area contributed by atoms with Crippen LogP contribution >= 0.6 is 0 Å². The summed E-state index contributed by atoms with van der Waals surface area (Å²) in [7, 11) is 0. The number of hydrogen-bond acceptors (Lipinski definition) is 4. The largest absolute Gasteiger partial charge is 0.390 e. The van der Waals surface area contributed by atoms with Gasteiger partial charge in [0.1, 0.15) is 0 Å². The first-order chi connectivity index (χ1) is 10.1. The van der Waals surface area contributed by atoms with Crippen molar-refractivity contribution in [3.63, 3.8) is 0 Å². The molecule has 116 valence electrons. The molecule has 0 radical (unpaired) electrons. The van der Waals surface area contributed by atoms with Crippen molar-refractivity contribution < 1.29 is 9.90 Å². The lowest BCUT2D eigenvalue weighted by atomic mass is 10.2. The Balaban J connectivity index is 1.88. The van der Waals surface area contributed by atoms with E-state index >= 15 is 0 Å². The van der Waals surface area contributed by atoms with E-state index in [-0.39, 0.29) is 5.91 Å². The summed E-state index contributed by atoms with van der Waals surface area (Å²) in [6, 6.07) is 4.29. The highest BCUT2D eigenvalue weighted by atomic mass is 16.3. The molecule has 1 aliphatic rings. The van der Waals surface area contributed by atoms with Gasteiger partial charge in [0.25, 0.3) is 0 Å². The molecule has 1 aromatic rings. The van der Waals surface area contributed by atoms with E-state index in [2.05, 4.69) is 23.7 Å². The lowest BCUT2D eigenvalue weighted by molar-refractivity contribution is -0.129. The fourth-order valence-electron chi connectivity index (χ4n) is 2.66. The van der Waals surface area contributed by atoms with Gasteiger partial charge in [-0.05, 0) is 31.9 Å². The van der Waals surface area contributed by atoms with Gasteiger partial charge in [0.2, 0.25) is 5.91 Å². The lowest BCUT2D eigenvalue weighted by Gasteiger charge is -2.30. The van der Waals surface area contributed by atoms with Crippen LogP contribution < -0.4 is 0 Å². The van der Waals surface area contributed by atoms with Crippen LogP contribution in [0.3, 0.4) is 0 Å². The number of aliphatic hydroxyl groups is 1. The average molecular weight is 291 g/mol. The van der Waals surface area contributed by atoms with E-state index < -0.39 is 6.10 Å². The first-order valence-corrected chi connectivity index (χ1v) is 7.65. The van der Waals surface area contributed by atoms with Crippen LogP contribution in [0.15, 0.2) is 24.5 Å². The van der Waals surface area contributed by atoms with E-state index in [4.69, 9.17) is 0 Å². The molecule has 2 rings (SSSR count). The van der Waals surface area contributed by atoms with Crippen LogP contribution in [0.4, 0.5) is 0 Å². The second kappa shape index (κ2) is 7.52. The maximum Gasteiger partial charge on any atom is 0.222 e. The number of amides is 1. The van der Waals surface area contributed by atoms with Crippen molar-refractivity contribution in [2.45, 2.75) is 45.4 Å². The summed E-state index contributed by atoms with van der Waals surface area (Å²) >= 11 is 0. The normalized spacial score (nSPS) is 17.0. The number of β-amino-alcohol motifs (C(OH)–C–C–N with tert-alkyl or cyclic N) is 1. The number of carbonyl (C=O) groups excluding carboxylic acids is 1. The van der Waals surface area contributed by atoms with Gasteiger partial charge >= 0.3 is 0 Å².